The summed E-state index contributed by atoms with van der Waals surface area (Å²) >= 11 is 0. The number of carbonyl (C=O) groups is 1. The van der Waals surface area contributed by atoms with E-state index in [0.717, 1.165) is 17.2 Å². The van der Waals surface area contributed by atoms with E-state index in [9.17, 15) is 18.0 Å². The molecule has 1 amide bonds. The number of fused-ring (bicyclic) bond motifs is 1. The average Bonchev–Trinajstić information content (AvgIpc) is 3.57. The molecule has 8 nitrogen and oxygen atoms in total. The van der Waals surface area contributed by atoms with E-state index >= 15 is 0 Å². The highest BCUT2D eigenvalue weighted by Crippen LogP contribution is 2.34. The topological polar surface area (TPSA) is 89.7 Å². The molecule has 196 valence electrons. The monoisotopic (exact) mass is 524 g/mol. The van der Waals surface area contributed by atoms with E-state index in [1.807, 2.05) is 12.1 Å². The van der Waals surface area contributed by atoms with Crippen molar-refractivity contribution in [1.29, 1.82) is 0 Å². The molecule has 2 aromatic heterocycles. The van der Waals surface area contributed by atoms with Crippen molar-refractivity contribution in [2.75, 3.05) is 6.79 Å². The fraction of sp³-hybridized carbons (Fsp3) is 0.222. The molecule has 5 rings (SSSR count). The van der Waals surface area contributed by atoms with Crippen LogP contribution in [0.25, 0.3) is 0 Å². The molecule has 1 aliphatic rings. The van der Waals surface area contributed by atoms with Crippen LogP contribution < -0.4 is 14.8 Å². The maximum absolute atomic E-state index is 13.7. The van der Waals surface area contributed by atoms with Crippen molar-refractivity contribution in [1.82, 2.24) is 20.2 Å². The average molecular weight is 524 g/mol. The van der Waals surface area contributed by atoms with Gasteiger partial charge in [0.2, 0.25) is 12.7 Å². The molecule has 0 bridgehead atoms. The van der Waals surface area contributed by atoms with Crippen LogP contribution in [0.3, 0.4) is 0 Å². The van der Waals surface area contributed by atoms with Gasteiger partial charge >= 0.3 is 6.18 Å². The minimum atomic E-state index is -4.50. The Morgan fingerprint density at radius 3 is 2.63 bits per heavy atom. The maximum Gasteiger partial charge on any atom is 0.416 e. The molecule has 0 radical (unpaired) electrons. The summed E-state index contributed by atoms with van der Waals surface area (Å²) in [5, 5.41) is 2.74. The van der Waals surface area contributed by atoms with E-state index in [1.54, 1.807) is 41.6 Å². The molecular formula is C27H23F3N4O4. The van der Waals surface area contributed by atoms with Crippen molar-refractivity contribution in [2.45, 2.75) is 32.4 Å². The molecule has 38 heavy (non-hydrogen) atoms. The summed E-state index contributed by atoms with van der Waals surface area (Å²) in [4.78, 5) is 22.6. The van der Waals surface area contributed by atoms with E-state index in [1.165, 1.54) is 18.4 Å². The smallest absolute Gasteiger partial charge is 0.416 e. The Bertz CT molecular complexity index is 1410. The second-order valence-corrected chi connectivity index (χ2v) is 8.66. The van der Waals surface area contributed by atoms with Crippen LogP contribution in [0.4, 0.5) is 13.2 Å². The molecule has 4 aromatic rings. The van der Waals surface area contributed by atoms with Crippen LogP contribution in [-0.4, -0.2) is 27.6 Å². The van der Waals surface area contributed by atoms with E-state index < -0.39 is 17.6 Å². The Balaban J connectivity index is 1.33. The van der Waals surface area contributed by atoms with Crippen LogP contribution in [0.2, 0.25) is 0 Å². The number of oxazole rings is 1. The number of halogens is 3. The molecule has 1 aliphatic heterocycles. The number of aromatic nitrogens is 2. The lowest BCUT2D eigenvalue weighted by atomic mass is 10.1. The van der Waals surface area contributed by atoms with Gasteiger partial charge in [-0.15, -0.1) is 0 Å². The highest BCUT2D eigenvalue weighted by atomic mass is 19.4. The van der Waals surface area contributed by atoms with E-state index in [0.29, 0.717) is 11.5 Å². The van der Waals surface area contributed by atoms with Crippen molar-refractivity contribution in [3.8, 4) is 11.5 Å². The summed E-state index contributed by atoms with van der Waals surface area (Å²) in [5.74, 6) is 0.939. The zero-order valence-corrected chi connectivity index (χ0v) is 20.1. The molecule has 0 saturated heterocycles. The number of carbonyl (C=O) groups excluding carboxylic acids is 1. The summed E-state index contributed by atoms with van der Waals surface area (Å²) < 4.78 is 57.3. The molecule has 11 heteroatoms. The second kappa shape index (κ2) is 10.9. The van der Waals surface area contributed by atoms with Crippen molar-refractivity contribution in [3.05, 3.63) is 107 Å². The van der Waals surface area contributed by atoms with Gasteiger partial charge in [0.1, 0.15) is 6.26 Å². The molecule has 3 heterocycles. The van der Waals surface area contributed by atoms with Crippen LogP contribution in [0.15, 0.2) is 77.7 Å². The third-order valence-corrected chi connectivity index (χ3v) is 5.88. The Morgan fingerprint density at radius 1 is 0.974 bits per heavy atom. The van der Waals surface area contributed by atoms with E-state index in [2.05, 4.69) is 15.3 Å². The lowest BCUT2D eigenvalue weighted by Gasteiger charge is -2.23. The van der Waals surface area contributed by atoms with Crippen LogP contribution in [0, 0.1) is 0 Å². The first-order valence-corrected chi connectivity index (χ1v) is 11.7. The SMILES string of the molecule is O=C(NCc1cccnc1)c1coc(CN(Cc2ccc3c(c2)OCO3)Cc2ccccc2C(F)(F)F)n1. The number of hydrogen-bond donors (Lipinski definition) is 1. The molecule has 0 atom stereocenters. The molecule has 0 saturated carbocycles. The molecule has 2 aromatic carbocycles. The lowest BCUT2D eigenvalue weighted by molar-refractivity contribution is -0.138. The number of benzene rings is 2. The first-order valence-electron chi connectivity index (χ1n) is 11.7. The van der Waals surface area contributed by atoms with Crippen LogP contribution >= 0.6 is 0 Å². The molecule has 0 aliphatic carbocycles. The summed E-state index contributed by atoms with van der Waals surface area (Å²) in [6.07, 6.45) is 0.0127. The van der Waals surface area contributed by atoms with Crippen molar-refractivity contribution < 1.29 is 31.9 Å². The van der Waals surface area contributed by atoms with Gasteiger partial charge in [-0.25, -0.2) is 4.98 Å². The van der Waals surface area contributed by atoms with Gasteiger partial charge in [0, 0.05) is 32.0 Å². The van der Waals surface area contributed by atoms with Crippen molar-refractivity contribution in [3.63, 3.8) is 0 Å². The van der Waals surface area contributed by atoms with Crippen LogP contribution in [-0.2, 0) is 32.4 Å². The Labute approximate surface area is 216 Å². The zero-order chi connectivity index (χ0) is 26.5. The number of nitrogens with zero attached hydrogens (tertiary/aromatic N) is 3. The third kappa shape index (κ3) is 6.12. The number of nitrogens with one attached hydrogen (secondary N) is 1. The zero-order valence-electron chi connectivity index (χ0n) is 20.1. The summed E-state index contributed by atoms with van der Waals surface area (Å²) in [6.45, 7) is 0.683. The van der Waals surface area contributed by atoms with Crippen LogP contribution in [0.1, 0.15) is 38.6 Å². The molecule has 0 spiro atoms. The number of pyridine rings is 1. The number of rotatable bonds is 9. The number of hydrogen-bond acceptors (Lipinski definition) is 7. The van der Waals surface area contributed by atoms with E-state index in [-0.39, 0.29) is 50.1 Å². The predicted molar refractivity (Wildman–Crippen MR) is 129 cm³/mol. The Hall–Kier alpha value is -4.38. The van der Waals surface area contributed by atoms with Crippen LogP contribution in [0.5, 0.6) is 11.5 Å². The second-order valence-electron chi connectivity index (χ2n) is 8.66. The number of alkyl halides is 3. The normalized spacial score (nSPS) is 12.6. The summed E-state index contributed by atoms with van der Waals surface area (Å²) in [5.41, 5.74) is 1.10. The standard InChI is InChI=1S/C27H23F3N4O4/c28-27(29,30)21-6-2-1-5-20(21)14-34(13-18-7-8-23-24(10-18)38-17-37-23)15-25-33-22(16-36-25)26(35)32-12-19-4-3-9-31-11-19/h1-11,16H,12-15,17H2,(H,32,35). The van der Waals surface area contributed by atoms with Gasteiger partial charge in [-0.2, -0.15) is 13.2 Å². The summed E-state index contributed by atoms with van der Waals surface area (Å²) in [6, 6.07) is 14.4. The van der Waals surface area contributed by atoms with Gasteiger partial charge in [0.15, 0.2) is 17.2 Å². The lowest BCUT2D eigenvalue weighted by Crippen LogP contribution is -2.25. The highest BCUT2D eigenvalue weighted by molar-refractivity contribution is 5.91. The fourth-order valence-electron chi connectivity index (χ4n) is 4.10. The van der Waals surface area contributed by atoms with Gasteiger partial charge in [0.25, 0.3) is 5.91 Å². The summed E-state index contributed by atoms with van der Waals surface area (Å²) in [7, 11) is 0. The first kappa shape index (κ1) is 25.3. The Kier molecular flexibility index (Phi) is 7.27. The number of amides is 1. The fourth-order valence-corrected chi connectivity index (χ4v) is 4.10. The highest BCUT2D eigenvalue weighted by Gasteiger charge is 2.33. The van der Waals surface area contributed by atoms with Gasteiger partial charge in [-0.3, -0.25) is 14.7 Å². The molecule has 1 N–H and O–H groups in total. The van der Waals surface area contributed by atoms with Gasteiger partial charge < -0.3 is 19.2 Å². The number of ether oxygens (including phenoxy) is 2. The van der Waals surface area contributed by atoms with Gasteiger partial charge in [0.05, 0.1) is 12.1 Å². The Morgan fingerprint density at radius 2 is 1.82 bits per heavy atom. The third-order valence-electron chi connectivity index (χ3n) is 5.88. The van der Waals surface area contributed by atoms with Gasteiger partial charge in [-0.1, -0.05) is 30.3 Å². The van der Waals surface area contributed by atoms with E-state index in [4.69, 9.17) is 13.9 Å². The molecule has 0 unspecified atom stereocenters. The minimum Gasteiger partial charge on any atom is -0.454 e. The first-order chi connectivity index (χ1) is 18.3. The predicted octanol–water partition coefficient (Wildman–Crippen LogP) is 4.95. The quantitative estimate of drug-likeness (QED) is 0.331. The molecular weight excluding hydrogens is 501 g/mol. The maximum atomic E-state index is 13.7. The largest absolute Gasteiger partial charge is 0.454 e. The van der Waals surface area contributed by atoms with Crippen molar-refractivity contribution in [2.24, 2.45) is 0 Å². The van der Waals surface area contributed by atoms with Crippen molar-refractivity contribution >= 4 is 5.91 Å². The van der Waals surface area contributed by atoms with Gasteiger partial charge in [-0.05, 0) is 41.0 Å². The minimum absolute atomic E-state index is 0.0327. The molecule has 0 fully saturated rings.